The first-order valence-electron chi connectivity index (χ1n) is 4.25. The predicted octanol–water partition coefficient (Wildman–Crippen LogP) is -0.644. The fourth-order valence-corrected chi connectivity index (χ4v) is 0.946. The number of nitrogens with one attached hydrogen (secondary N) is 2. The Morgan fingerprint density at radius 1 is 1.67 bits per heavy atom. The number of hydrogen-bond acceptors (Lipinski definition) is 5. The third kappa shape index (κ3) is 3.64. The summed E-state index contributed by atoms with van der Waals surface area (Å²) in [5, 5.41) is 16.1. The summed E-state index contributed by atoms with van der Waals surface area (Å²) in [6.07, 6.45) is 1.47. The minimum Gasteiger partial charge on any atom is -0.399 e. The molecule has 7 nitrogen and oxygen atoms in total. The zero-order valence-corrected chi connectivity index (χ0v) is 8.06. The Kier molecular flexibility index (Phi) is 3.62. The van der Waals surface area contributed by atoms with E-state index in [2.05, 4.69) is 15.3 Å². The van der Waals surface area contributed by atoms with Gasteiger partial charge in [-0.3, -0.25) is 10.1 Å². The van der Waals surface area contributed by atoms with Crippen LogP contribution in [0.3, 0.4) is 0 Å². The first-order valence-corrected chi connectivity index (χ1v) is 4.25. The van der Waals surface area contributed by atoms with Crippen LogP contribution >= 0.6 is 0 Å². The summed E-state index contributed by atoms with van der Waals surface area (Å²) in [5.74, 6) is -0.818. The normalized spacial score (nSPS) is 22.9. The summed E-state index contributed by atoms with van der Waals surface area (Å²) in [6, 6.07) is 1.22. The van der Waals surface area contributed by atoms with Crippen LogP contribution in [0, 0.1) is 17.2 Å². The van der Waals surface area contributed by atoms with E-state index in [0.29, 0.717) is 6.42 Å². The fraction of sp³-hybridized carbons (Fsp3) is 0.500. The molecule has 1 fully saturated rings. The van der Waals surface area contributed by atoms with E-state index < -0.39 is 11.9 Å². The van der Waals surface area contributed by atoms with E-state index in [0.717, 1.165) is 6.21 Å². The number of nitriles is 1. The summed E-state index contributed by atoms with van der Waals surface area (Å²) in [5.41, 5.74) is 0. The molecule has 0 spiro atoms. The second-order valence-corrected chi connectivity index (χ2v) is 2.96. The van der Waals surface area contributed by atoms with Crippen LogP contribution in [0.25, 0.3) is 0 Å². The number of oxime groups is 1. The van der Waals surface area contributed by atoms with E-state index in [4.69, 9.17) is 5.26 Å². The predicted molar refractivity (Wildman–Crippen MR) is 49.7 cm³/mol. The highest BCUT2D eigenvalue weighted by molar-refractivity contribution is 6.29. The Morgan fingerprint density at radius 2 is 2.40 bits per heavy atom. The average molecular weight is 210 g/mol. The van der Waals surface area contributed by atoms with Crippen LogP contribution in [-0.2, 0) is 9.63 Å². The molecule has 0 radical (unpaired) electrons. The first kappa shape index (κ1) is 11.0. The van der Waals surface area contributed by atoms with Gasteiger partial charge >= 0.3 is 6.03 Å². The fourth-order valence-electron chi connectivity index (χ4n) is 0.946. The third-order valence-electron chi connectivity index (χ3n) is 1.78. The van der Waals surface area contributed by atoms with E-state index in [1.807, 2.05) is 11.4 Å². The van der Waals surface area contributed by atoms with Crippen molar-refractivity contribution < 1.29 is 14.4 Å². The standard InChI is InChI=1S/C8H10N4O3/c1-15-10-4-7(13)12-8(14)11-6-2-5(6)3-9/h4-6H,2H2,1H3,(H2,11,12,13,14). The minimum atomic E-state index is -0.677. The van der Waals surface area contributed by atoms with E-state index in [9.17, 15) is 9.59 Å². The van der Waals surface area contributed by atoms with Crippen molar-refractivity contribution in [3.63, 3.8) is 0 Å². The lowest BCUT2D eigenvalue weighted by molar-refractivity contribution is -0.113. The Hall–Kier alpha value is -2.10. The molecule has 1 aliphatic rings. The number of carbonyl (C=O) groups excluding carboxylic acids is 2. The highest BCUT2D eigenvalue weighted by Crippen LogP contribution is 2.28. The molecular weight excluding hydrogens is 200 g/mol. The largest absolute Gasteiger partial charge is 0.399 e. The molecule has 15 heavy (non-hydrogen) atoms. The summed E-state index contributed by atoms with van der Waals surface area (Å²) in [7, 11) is 1.28. The number of nitrogens with zero attached hydrogens (tertiary/aromatic N) is 2. The zero-order valence-electron chi connectivity index (χ0n) is 8.06. The third-order valence-corrected chi connectivity index (χ3v) is 1.78. The molecule has 0 aromatic rings. The first-order chi connectivity index (χ1) is 7.17. The van der Waals surface area contributed by atoms with Gasteiger partial charge < -0.3 is 10.2 Å². The maximum absolute atomic E-state index is 11.1. The molecule has 1 saturated carbocycles. The van der Waals surface area contributed by atoms with Gasteiger partial charge in [-0.1, -0.05) is 5.16 Å². The molecule has 3 amide bonds. The Morgan fingerprint density at radius 3 is 2.93 bits per heavy atom. The lowest BCUT2D eigenvalue weighted by atomic mass is 10.4. The van der Waals surface area contributed by atoms with Gasteiger partial charge in [0.25, 0.3) is 5.91 Å². The molecular formula is C8H10N4O3. The molecule has 1 rings (SSSR count). The topological polar surface area (TPSA) is 104 Å². The maximum atomic E-state index is 11.1. The van der Waals surface area contributed by atoms with E-state index in [1.54, 1.807) is 0 Å². The van der Waals surface area contributed by atoms with Gasteiger partial charge in [0.15, 0.2) is 0 Å². The number of amides is 3. The van der Waals surface area contributed by atoms with Crippen LogP contribution in [0.4, 0.5) is 4.79 Å². The van der Waals surface area contributed by atoms with Crippen LogP contribution in [-0.4, -0.2) is 31.3 Å². The minimum absolute atomic E-state index is 0.140. The van der Waals surface area contributed by atoms with Crippen LogP contribution in [0.5, 0.6) is 0 Å². The summed E-state index contributed by atoms with van der Waals surface area (Å²) in [6.45, 7) is 0. The number of hydrogen-bond donors (Lipinski definition) is 2. The van der Waals surface area contributed by atoms with E-state index in [-0.39, 0.29) is 12.0 Å². The van der Waals surface area contributed by atoms with Crippen molar-refractivity contribution in [1.82, 2.24) is 10.6 Å². The quantitative estimate of drug-likeness (QED) is 0.477. The van der Waals surface area contributed by atoms with Crippen molar-refractivity contribution in [3.8, 4) is 6.07 Å². The van der Waals surface area contributed by atoms with Gasteiger partial charge in [0.05, 0.1) is 12.0 Å². The molecule has 0 bridgehead atoms. The highest BCUT2D eigenvalue weighted by Gasteiger charge is 2.38. The Bertz CT molecular complexity index is 333. The maximum Gasteiger partial charge on any atom is 0.321 e. The molecule has 80 valence electrons. The van der Waals surface area contributed by atoms with Gasteiger partial charge in [-0.2, -0.15) is 5.26 Å². The zero-order chi connectivity index (χ0) is 11.3. The van der Waals surface area contributed by atoms with E-state index >= 15 is 0 Å². The second-order valence-electron chi connectivity index (χ2n) is 2.96. The summed E-state index contributed by atoms with van der Waals surface area (Å²) >= 11 is 0. The molecule has 0 saturated heterocycles. The lowest BCUT2D eigenvalue weighted by Crippen LogP contribution is -2.41. The van der Waals surface area contributed by atoms with Crippen LogP contribution in [0.2, 0.25) is 0 Å². The number of carbonyl (C=O) groups is 2. The molecule has 1 aliphatic carbocycles. The molecule has 2 unspecified atom stereocenters. The van der Waals surface area contributed by atoms with Crippen LogP contribution < -0.4 is 10.6 Å². The average Bonchev–Trinajstić information content (AvgIpc) is 2.93. The van der Waals surface area contributed by atoms with Crippen molar-refractivity contribution in [2.45, 2.75) is 12.5 Å². The van der Waals surface area contributed by atoms with Gasteiger partial charge in [-0.05, 0) is 6.42 Å². The van der Waals surface area contributed by atoms with Crippen LogP contribution in [0.1, 0.15) is 6.42 Å². The number of rotatable bonds is 3. The molecule has 0 aromatic carbocycles. The molecule has 2 N–H and O–H groups in total. The Labute approximate surface area is 86.1 Å². The van der Waals surface area contributed by atoms with Crippen molar-refractivity contribution >= 4 is 18.2 Å². The van der Waals surface area contributed by atoms with Crippen molar-refractivity contribution in [2.75, 3.05) is 7.11 Å². The van der Waals surface area contributed by atoms with Gasteiger partial charge in [0, 0.05) is 6.04 Å². The van der Waals surface area contributed by atoms with Crippen molar-refractivity contribution in [1.29, 1.82) is 5.26 Å². The molecule has 0 aliphatic heterocycles. The SMILES string of the molecule is CON=CC(=O)NC(=O)NC1CC1C#N. The molecule has 7 heteroatoms. The van der Waals surface area contributed by atoms with E-state index in [1.165, 1.54) is 7.11 Å². The Balaban J connectivity index is 2.22. The lowest BCUT2D eigenvalue weighted by Gasteiger charge is -2.01. The molecule has 2 atom stereocenters. The van der Waals surface area contributed by atoms with Crippen molar-refractivity contribution in [3.05, 3.63) is 0 Å². The smallest absolute Gasteiger partial charge is 0.321 e. The second kappa shape index (κ2) is 4.95. The van der Waals surface area contributed by atoms with Gasteiger partial charge in [-0.25, -0.2) is 4.79 Å². The summed E-state index contributed by atoms with van der Waals surface area (Å²) in [4.78, 5) is 26.2. The number of urea groups is 1. The molecule has 0 aromatic heterocycles. The molecule has 0 heterocycles. The monoisotopic (exact) mass is 210 g/mol. The van der Waals surface area contributed by atoms with Gasteiger partial charge in [0.1, 0.15) is 13.3 Å². The van der Waals surface area contributed by atoms with Gasteiger partial charge in [0.2, 0.25) is 0 Å². The van der Waals surface area contributed by atoms with Gasteiger partial charge in [-0.15, -0.1) is 0 Å². The van der Waals surface area contributed by atoms with Crippen molar-refractivity contribution in [2.24, 2.45) is 11.1 Å². The summed E-state index contributed by atoms with van der Waals surface area (Å²) < 4.78 is 0. The number of imide groups is 1. The van der Waals surface area contributed by atoms with Crippen LogP contribution in [0.15, 0.2) is 5.16 Å². The highest BCUT2D eigenvalue weighted by atomic mass is 16.6.